The zero-order chi connectivity index (χ0) is 20.1. The lowest BCUT2D eigenvalue weighted by Gasteiger charge is -2.39. The number of aryl methyl sites for hydroxylation is 1. The van der Waals surface area contributed by atoms with E-state index in [-0.39, 0.29) is 12.4 Å². The highest BCUT2D eigenvalue weighted by atomic mass is 16.5. The molecule has 0 spiro atoms. The molecule has 1 atom stereocenters. The van der Waals surface area contributed by atoms with E-state index in [1.165, 1.54) is 0 Å². The first kappa shape index (κ1) is 20.5. The van der Waals surface area contributed by atoms with Crippen molar-refractivity contribution in [3.63, 3.8) is 0 Å². The quantitative estimate of drug-likeness (QED) is 0.713. The predicted molar refractivity (Wildman–Crippen MR) is 106 cm³/mol. The summed E-state index contributed by atoms with van der Waals surface area (Å²) in [6.07, 6.45) is 4.01. The van der Waals surface area contributed by atoms with E-state index >= 15 is 0 Å². The number of ketones is 1. The fourth-order valence-corrected chi connectivity index (χ4v) is 3.70. The Hall–Kier alpha value is -2.28. The number of β-amino-alcohol motifs (C(OH)–C–C–N with tert-alkyl or cyclic N) is 1. The lowest BCUT2D eigenvalue weighted by molar-refractivity contribution is -0.0374. The molecule has 28 heavy (non-hydrogen) atoms. The first-order chi connectivity index (χ1) is 13.4. The van der Waals surface area contributed by atoms with E-state index in [9.17, 15) is 15.0 Å². The molecule has 0 unspecified atom stereocenters. The number of Topliss-reactive ketones (excluding diaryl/α,β-unsaturated/α-hetero) is 1. The van der Waals surface area contributed by atoms with Crippen molar-refractivity contribution in [2.45, 2.75) is 38.4 Å². The highest BCUT2D eigenvalue weighted by Crippen LogP contribution is 2.32. The van der Waals surface area contributed by atoms with E-state index in [2.05, 4.69) is 9.88 Å². The number of aliphatic hydroxyl groups excluding tert-OH is 1. The van der Waals surface area contributed by atoms with Crippen LogP contribution in [0.15, 0.2) is 42.7 Å². The van der Waals surface area contributed by atoms with Crippen LogP contribution in [0.4, 0.5) is 0 Å². The highest BCUT2D eigenvalue weighted by molar-refractivity contribution is 5.95. The van der Waals surface area contributed by atoms with Gasteiger partial charge in [-0.05, 0) is 56.5 Å². The summed E-state index contributed by atoms with van der Waals surface area (Å²) in [4.78, 5) is 17.7. The lowest BCUT2D eigenvalue weighted by Crippen LogP contribution is -2.46. The van der Waals surface area contributed by atoms with Crippen molar-refractivity contribution in [2.24, 2.45) is 0 Å². The van der Waals surface area contributed by atoms with Gasteiger partial charge in [-0.2, -0.15) is 0 Å². The number of rotatable bonds is 7. The van der Waals surface area contributed by atoms with Crippen molar-refractivity contribution in [2.75, 3.05) is 26.2 Å². The minimum Gasteiger partial charge on any atom is -0.491 e. The molecule has 2 N–H and O–H groups in total. The standard InChI is InChI=1S/C22H28N2O4/c1-16-12-20(5-6-21(16)17(2)25)28-15-19(26)14-24-10-7-22(27,8-11-24)18-4-3-9-23-13-18/h3-6,9,12-13,19,26-27H,7-8,10-11,14-15H2,1-2H3/t19-/m0/s1. The maximum Gasteiger partial charge on any atom is 0.160 e. The minimum atomic E-state index is -0.845. The summed E-state index contributed by atoms with van der Waals surface area (Å²) in [6, 6.07) is 9.07. The number of aromatic nitrogens is 1. The Balaban J connectivity index is 1.47. The van der Waals surface area contributed by atoms with Crippen LogP contribution < -0.4 is 4.74 Å². The molecule has 0 radical (unpaired) electrons. The van der Waals surface area contributed by atoms with Crippen LogP contribution in [0.1, 0.15) is 41.3 Å². The number of hydrogen-bond donors (Lipinski definition) is 2. The average Bonchev–Trinajstić information content (AvgIpc) is 2.69. The fraction of sp³-hybridized carbons (Fsp3) is 0.455. The minimum absolute atomic E-state index is 0.0282. The molecule has 0 aliphatic carbocycles. The molecule has 6 heteroatoms. The predicted octanol–water partition coefficient (Wildman–Crippen LogP) is 2.32. The second kappa shape index (κ2) is 8.82. The number of aliphatic hydroxyl groups is 2. The van der Waals surface area contributed by atoms with Crippen molar-refractivity contribution in [3.05, 3.63) is 59.4 Å². The van der Waals surface area contributed by atoms with Gasteiger partial charge in [0.15, 0.2) is 5.78 Å². The average molecular weight is 384 g/mol. The maximum atomic E-state index is 11.5. The van der Waals surface area contributed by atoms with Crippen molar-refractivity contribution in [1.82, 2.24) is 9.88 Å². The molecule has 0 saturated carbocycles. The molecule has 0 amide bonds. The number of ether oxygens (including phenoxy) is 1. The van der Waals surface area contributed by atoms with E-state index in [0.717, 1.165) is 11.1 Å². The number of hydrogen-bond acceptors (Lipinski definition) is 6. The molecule has 1 aromatic heterocycles. The summed E-state index contributed by atoms with van der Waals surface area (Å²) in [7, 11) is 0. The van der Waals surface area contributed by atoms with Crippen LogP contribution in [0.5, 0.6) is 5.75 Å². The van der Waals surface area contributed by atoms with Crippen LogP contribution in [0, 0.1) is 6.92 Å². The zero-order valence-electron chi connectivity index (χ0n) is 16.5. The van der Waals surface area contributed by atoms with Crippen LogP contribution in [-0.2, 0) is 5.60 Å². The van der Waals surface area contributed by atoms with Crippen molar-refractivity contribution in [3.8, 4) is 5.75 Å². The Kier molecular flexibility index (Phi) is 6.44. The third-order valence-corrected chi connectivity index (χ3v) is 5.37. The van der Waals surface area contributed by atoms with Gasteiger partial charge in [-0.1, -0.05) is 6.07 Å². The van der Waals surface area contributed by atoms with Gasteiger partial charge < -0.3 is 19.8 Å². The molecule has 1 saturated heterocycles. The van der Waals surface area contributed by atoms with Gasteiger partial charge in [-0.25, -0.2) is 0 Å². The van der Waals surface area contributed by atoms with Crippen LogP contribution in [-0.4, -0.2) is 58.2 Å². The van der Waals surface area contributed by atoms with Gasteiger partial charge in [0.05, 0.1) is 5.60 Å². The monoisotopic (exact) mass is 384 g/mol. The molecule has 1 aliphatic heterocycles. The van der Waals surface area contributed by atoms with Crippen molar-refractivity contribution < 1.29 is 19.7 Å². The molecule has 1 aromatic carbocycles. The Morgan fingerprint density at radius 1 is 1.32 bits per heavy atom. The number of benzene rings is 1. The van der Waals surface area contributed by atoms with Crippen molar-refractivity contribution >= 4 is 5.78 Å². The Morgan fingerprint density at radius 2 is 2.07 bits per heavy atom. The third kappa shape index (κ3) is 4.95. The van der Waals surface area contributed by atoms with Gasteiger partial charge in [0.25, 0.3) is 0 Å². The summed E-state index contributed by atoms with van der Waals surface area (Å²) >= 11 is 0. The molecule has 3 rings (SSSR count). The lowest BCUT2D eigenvalue weighted by atomic mass is 9.85. The number of nitrogens with zero attached hydrogens (tertiary/aromatic N) is 2. The van der Waals surface area contributed by atoms with Crippen LogP contribution in [0.3, 0.4) is 0 Å². The summed E-state index contributed by atoms with van der Waals surface area (Å²) in [5.41, 5.74) is 1.55. The summed E-state index contributed by atoms with van der Waals surface area (Å²) in [5, 5.41) is 21.2. The number of pyridine rings is 1. The third-order valence-electron chi connectivity index (χ3n) is 5.37. The number of likely N-dealkylation sites (tertiary alicyclic amines) is 1. The van der Waals surface area contributed by atoms with Gasteiger partial charge in [-0.15, -0.1) is 0 Å². The van der Waals surface area contributed by atoms with E-state index in [1.807, 2.05) is 25.1 Å². The molecule has 0 bridgehead atoms. The number of carbonyl (C=O) groups excluding carboxylic acids is 1. The molecule has 2 aromatic rings. The van der Waals surface area contributed by atoms with E-state index in [4.69, 9.17) is 4.74 Å². The summed E-state index contributed by atoms with van der Waals surface area (Å²) in [6.45, 7) is 5.50. The van der Waals surface area contributed by atoms with Crippen LogP contribution in [0.2, 0.25) is 0 Å². The van der Waals surface area contributed by atoms with Crippen molar-refractivity contribution in [1.29, 1.82) is 0 Å². The van der Waals surface area contributed by atoms with E-state index < -0.39 is 11.7 Å². The van der Waals surface area contributed by atoms with Gasteiger partial charge in [0.2, 0.25) is 0 Å². The summed E-state index contributed by atoms with van der Waals surface area (Å²) < 4.78 is 5.69. The Labute approximate surface area is 165 Å². The first-order valence-electron chi connectivity index (χ1n) is 9.65. The molecular formula is C22H28N2O4. The second-order valence-corrected chi connectivity index (χ2v) is 7.57. The molecule has 1 aliphatic rings. The number of carbonyl (C=O) groups is 1. The highest BCUT2D eigenvalue weighted by Gasteiger charge is 2.34. The smallest absolute Gasteiger partial charge is 0.160 e. The Morgan fingerprint density at radius 3 is 2.68 bits per heavy atom. The van der Waals surface area contributed by atoms with Gasteiger partial charge in [-0.3, -0.25) is 9.78 Å². The first-order valence-corrected chi connectivity index (χ1v) is 9.65. The summed E-state index contributed by atoms with van der Waals surface area (Å²) in [5.74, 6) is 0.673. The topological polar surface area (TPSA) is 82.9 Å². The van der Waals surface area contributed by atoms with Crippen LogP contribution in [0.25, 0.3) is 0 Å². The molecular weight excluding hydrogens is 356 g/mol. The maximum absolute atomic E-state index is 11.5. The normalized spacial score (nSPS) is 17.9. The SMILES string of the molecule is CC(=O)c1ccc(OC[C@@H](O)CN2CCC(O)(c3cccnc3)CC2)cc1C. The Bertz CT molecular complexity index is 801. The number of piperidine rings is 1. The van der Waals surface area contributed by atoms with Gasteiger partial charge in [0.1, 0.15) is 18.5 Å². The molecule has 150 valence electrons. The molecule has 2 heterocycles. The van der Waals surface area contributed by atoms with E-state index in [1.54, 1.807) is 31.5 Å². The van der Waals surface area contributed by atoms with E-state index in [0.29, 0.717) is 43.8 Å². The largest absolute Gasteiger partial charge is 0.491 e. The molecule has 6 nitrogen and oxygen atoms in total. The van der Waals surface area contributed by atoms with Gasteiger partial charge >= 0.3 is 0 Å². The van der Waals surface area contributed by atoms with Gasteiger partial charge in [0, 0.05) is 43.2 Å². The second-order valence-electron chi connectivity index (χ2n) is 7.57. The molecule has 1 fully saturated rings. The van der Waals surface area contributed by atoms with Crippen LogP contribution >= 0.6 is 0 Å². The fourth-order valence-electron chi connectivity index (χ4n) is 3.70. The zero-order valence-corrected chi connectivity index (χ0v) is 16.5.